The summed E-state index contributed by atoms with van der Waals surface area (Å²) in [5.74, 6) is -2.62. The predicted octanol–water partition coefficient (Wildman–Crippen LogP) is -1.72. The molecule has 0 aliphatic carbocycles. The number of carbonyl (C=O) groups is 3. The molecule has 0 saturated heterocycles. The molecule has 0 heterocycles. The van der Waals surface area contributed by atoms with Crippen LogP contribution >= 0.6 is 0 Å². The molecular formula is C8H15N3O7S. The summed E-state index contributed by atoms with van der Waals surface area (Å²) in [7, 11) is -4.48. The quantitative estimate of drug-likeness (QED) is 0.434. The molecule has 0 radical (unpaired) electrons. The Bertz CT molecular complexity index is 459. The van der Waals surface area contributed by atoms with E-state index >= 15 is 0 Å². The summed E-state index contributed by atoms with van der Waals surface area (Å²) in [5.41, 5.74) is 4.77. The topological polar surface area (TPSA) is 165 Å². The van der Waals surface area contributed by atoms with Crippen molar-refractivity contribution in [1.29, 1.82) is 0 Å². The molecule has 0 bridgehead atoms. The van der Waals surface area contributed by atoms with Crippen LogP contribution in [0.25, 0.3) is 0 Å². The van der Waals surface area contributed by atoms with Crippen molar-refractivity contribution in [3.8, 4) is 0 Å². The van der Waals surface area contributed by atoms with Crippen LogP contribution in [-0.4, -0.2) is 43.6 Å². The van der Waals surface area contributed by atoms with Gasteiger partial charge in [-0.05, 0) is 13.8 Å². The number of amides is 2. The molecule has 110 valence electrons. The molecule has 2 amide bonds. The minimum absolute atomic E-state index is 0.559. The summed E-state index contributed by atoms with van der Waals surface area (Å²) in [6, 6.07) is -1.78. The smallest absolute Gasteiger partial charge is 0.422 e. The summed E-state index contributed by atoms with van der Waals surface area (Å²) >= 11 is 0. The highest BCUT2D eigenvalue weighted by atomic mass is 32.2. The second-order valence-electron chi connectivity index (χ2n) is 3.74. The van der Waals surface area contributed by atoms with Crippen LogP contribution in [0.3, 0.4) is 0 Å². The largest absolute Gasteiger partial charge is 0.480 e. The van der Waals surface area contributed by atoms with Crippen molar-refractivity contribution in [2.24, 2.45) is 5.73 Å². The number of hydrogen-bond donors (Lipinski definition) is 4. The number of rotatable bonds is 7. The lowest BCUT2D eigenvalue weighted by molar-refractivity contribution is -0.140. The zero-order valence-electron chi connectivity index (χ0n) is 10.2. The van der Waals surface area contributed by atoms with Crippen molar-refractivity contribution in [2.75, 3.05) is 0 Å². The molecule has 0 saturated carbocycles. The zero-order chi connectivity index (χ0) is 15.2. The van der Waals surface area contributed by atoms with Gasteiger partial charge < -0.3 is 15.6 Å². The van der Waals surface area contributed by atoms with Crippen LogP contribution in [0.2, 0.25) is 0 Å². The average Bonchev–Trinajstić information content (AvgIpc) is 2.11. The van der Waals surface area contributed by atoms with Crippen LogP contribution in [0.1, 0.15) is 20.3 Å². The Morgan fingerprint density at radius 3 is 2.21 bits per heavy atom. The van der Waals surface area contributed by atoms with Crippen LogP contribution in [0, 0.1) is 0 Å². The maximum atomic E-state index is 11.4. The standard InChI is InChI=1S/C8H15N3O7S/c1-4(2)18-8(15)11-19(16,17)10-5(7(13)14)3-6(9)12/h4-5,10H,3H2,1-2H3,(H2,9,12)(H,11,15)(H,13,14)/t5-/m0/s1. The molecule has 0 unspecified atom stereocenters. The molecule has 19 heavy (non-hydrogen) atoms. The Balaban J connectivity index is 4.68. The maximum absolute atomic E-state index is 11.4. The molecule has 11 heteroatoms. The summed E-state index contributed by atoms with van der Waals surface area (Å²) in [5, 5.41) is 8.69. The van der Waals surface area contributed by atoms with E-state index in [9.17, 15) is 22.8 Å². The summed E-state index contributed by atoms with van der Waals surface area (Å²) in [6.45, 7) is 2.99. The maximum Gasteiger partial charge on any atom is 0.422 e. The number of nitrogens with one attached hydrogen (secondary N) is 2. The lowest BCUT2D eigenvalue weighted by atomic mass is 10.2. The van der Waals surface area contributed by atoms with Crippen molar-refractivity contribution in [3.05, 3.63) is 0 Å². The van der Waals surface area contributed by atoms with E-state index in [4.69, 9.17) is 10.8 Å². The number of aliphatic carboxylic acids is 1. The predicted molar refractivity (Wildman–Crippen MR) is 62.0 cm³/mol. The van der Waals surface area contributed by atoms with Gasteiger partial charge in [-0.2, -0.15) is 13.1 Å². The Morgan fingerprint density at radius 2 is 1.84 bits per heavy atom. The van der Waals surface area contributed by atoms with Crippen molar-refractivity contribution in [2.45, 2.75) is 32.4 Å². The second-order valence-corrected chi connectivity index (χ2v) is 5.19. The van der Waals surface area contributed by atoms with Crippen LogP contribution < -0.4 is 15.2 Å². The molecular weight excluding hydrogens is 282 g/mol. The highest BCUT2D eigenvalue weighted by Gasteiger charge is 2.27. The molecule has 0 aromatic heterocycles. The van der Waals surface area contributed by atoms with Crippen LogP contribution in [0.15, 0.2) is 0 Å². The normalized spacial score (nSPS) is 12.8. The molecule has 0 aromatic carbocycles. The van der Waals surface area contributed by atoms with Crippen molar-refractivity contribution < 1.29 is 32.6 Å². The van der Waals surface area contributed by atoms with Gasteiger partial charge in [0, 0.05) is 0 Å². The first kappa shape index (κ1) is 17.1. The number of hydrogen-bond acceptors (Lipinski definition) is 6. The van der Waals surface area contributed by atoms with Crippen molar-refractivity contribution in [3.63, 3.8) is 0 Å². The van der Waals surface area contributed by atoms with E-state index in [0.717, 1.165) is 0 Å². The molecule has 10 nitrogen and oxygen atoms in total. The fraction of sp³-hybridized carbons (Fsp3) is 0.625. The number of primary amides is 1. The van der Waals surface area contributed by atoms with Crippen LogP contribution in [0.4, 0.5) is 4.79 Å². The van der Waals surface area contributed by atoms with E-state index in [1.54, 1.807) is 4.72 Å². The van der Waals surface area contributed by atoms with Gasteiger partial charge in [0.2, 0.25) is 5.91 Å². The van der Waals surface area contributed by atoms with Gasteiger partial charge in [-0.1, -0.05) is 0 Å². The second kappa shape index (κ2) is 6.89. The zero-order valence-corrected chi connectivity index (χ0v) is 11.1. The molecule has 0 aliphatic rings. The summed E-state index contributed by atoms with van der Waals surface area (Å²) in [4.78, 5) is 32.3. The Kier molecular flexibility index (Phi) is 6.21. The lowest BCUT2D eigenvalue weighted by Crippen LogP contribution is -2.49. The van der Waals surface area contributed by atoms with Crippen molar-refractivity contribution >= 4 is 28.2 Å². The van der Waals surface area contributed by atoms with E-state index < -0.39 is 46.7 Å². The molecule has 0 fully saturated rings. The minimum Gasteiger partial charge on any atom is -0.480 e. The van der Waals surface area contributed by atoms with Gasteiger partial charge in [0.05, 0.1) is 12.5 Å². The molecule has 0 aromatic rings. The molecule has 0 rings (SSSR count). The van der Waals surface area contributed by atoms with E-state index in [-0.39, 0.29) is 0 Å². The fourth-order valence-corrected chi connectivity index (χ4v) is 1.83. The van der Waals surface area contributed by atoms with Gasteiger partial charge in [-0.3, -0.25) is 9.59 Å². The van der Waals surface area contributed by atoms with Gasteiger partial charge >= 0.3 is 22.3 Å². The van der Waals surface area contributed by atoms with Gasteiger partial charge in [-0.15, -0.1) is 0 Å². The average molecular weight is 297 g/mol. The van der Waals surface area contributed by atoms with Crippen LogP contribution in [-0.2, 0) is 24.5 Å². The van der Waals surface area contributed by atoms with E-state index in [1.165, 1.54) is 18.6 Å². The Morgan fingerprint density at radius 1 is 1.32 bits per heavy atom. The van der Waals surface area contributed by atoms with Gasteiger partial charge in [0.15, 0.2) is 0 Å². The summed E-state index contributed by atoms with van der Waals surface area (Å²) in [6.07, 6.45) is -2.59. The first-order chi connectivity index (χ1) is 8.53. The van der Waals surface area contributed by atoms with E-state index in [2.05, 4.69) is 4.74 Å². The van der Waals surface area contributed by atoms with E-state index in [0.29, 0.717) is 0 Å². The first-order valence-electron chi connectivity index (χ1n) is 5.05. The monoisotopic (exact) mass is 297 g/mol. The molecule has 5 N–H and O–H groups in total. The number of carboxylic acids is 1. The third kappa shape index (κ3) is 7.94. The van der Waals surface area contributed by atoms with Crippen molar-refractivity contribution in [1.82, 2.24) is 9.44 Å². The Labute approximate surface area is 109 Å². The highest BCUT2D eigenvalue weighted by Crippen LogP contribution is 1.96. The number of nitrogens with two attached hydrogens (primary N) is 1. The minimum atomic E-state index is -4.48. The first-order valence-corrected chi connectivity index (χ1v) is 6.53. The summed E-state index contributed by atoms with van der Waals surface area (Å²) < 4.78 is 30.3. The lowest BCUT2D eigenvalue weighted by Gasteiger charge is -2.14. The number of carbonyl (C=O) groups excluding carboxylic acids is 2. The van der Waals surface area contributed by atoms with E-state index in [1.807, 2.05) is 0 Å². The molecule has 1 atom stereocenters. The fourth-order valence-electron chi connectivity index (χ4n) is 0.945. The third-order valence-corrected chi connectivity index (χ3v) is 2.59. The van der Waals surface area contributed by atoms with Gasteiger partial charge in [0.1, 0.15) is 6.04 Å². The van der Waals surface area contributed by atoms with Crippen LogP contribution in [0.5, 0.6) is 0 Å². The molecule has 0 spiro atoms. The van der Waals surface area contributed by atoms with Gasteiger partial charge in [0.25, 0.3) is 0 Å². The third-order valence-electron chi connectivity index (χ3n) is 1.56. The Hall–Kier alpha value is -1.88. The molecule has 0 aliphatic heterocycles. The SMILES string of the molecule is CC(C)OC(=O)NS(=O)(=O)N[C@@H](CC(N)=O)C(=O)O. The highest BCUT2D eigenvalue weighted by molar-refractivity contribution is 7.88. The number of carboxylic acid groups (broad SMARTS) is 1. The number of ether oxygens (including phenoxy) is 1. The van der Waals surface area contributed by atoms with Gasteiger partial charge in [-0.25, -0.2) is 9.52 Å².